The zero-order valence-electron chi connectivity index (χ0n) is 14.4. The van der Waals surface area contributed by atoms with Crippen molar-refractivity contribution in [3.8, 4) is 0 Å². The molecule has 2 heterocycles. The van der Waals surface area contributed by atoms with Crippen molar-refractivity contribution in [3.63, 3.8) is 0 Å². The molecule has 0 N–H and O–H groups in total. The molecule has 2 aromatic rings. The van der Waals surface area contributed by atoms with Gasteiger partial charge in [0.05, 0.1) is 16.8 Å². The third kappa shape index (κ3) is 2.12. The number of carbonyl (C=O) groups excluding carboxylic acids is 3. The van der Waals surface area contributed by atoms with E-state index in [9.17, 15) is 14.4 Å². The first-order valence-electron chi connectivity index (χ1n) is 8.20. The highest BCUT2D eigenvalue weighted by Crippen LogP contribution is 2.42. The molecule has 2 aliphatic rings. The zero-order valence-corrected chi connectivity index (χ0v) is 14.4. The summed E-state index contributed by atoms with van der Waals surface area (Å²) in [5, 5.41) is 0. The van der Waals surface area contributed by atoms with Crippen LogP contribution in [0.1, 0.15) is 46.5 Å². The van der Waals surface area contributed by atoms with Crippen LogP contribution < -0.4 is 9.80 Å². The fraction of sp³-hybridized carbons (Fsp3) is 0.250. The number of imide groups is 1. The van der Waals surface area contributed by atoms with Crippen LogP contribution >= 0.6 is 0 Å². The highest BCUT2D eigenvalue weighted by atomic mass is 16.2. The lowest BCUT2D eigenvalue weighted by Crippen LogP contribution is -2.40. The Balaban J connectivity index is 1.83. The van der Waals surface area contributed by atoms with Gasteiger partial charge in [-0.05, 0) is 35.9 Å². The van der Waals surface area contributed by atoms with Crippen molar-refractivity contribution >= 4 is 29.1 Å². The summed E-state index contributed by atoms with van der Waals surface area (Å²) < 4.78 is 0. The van der Waals surface area contributed by atoms with Crippen LogP contribution in [-0.4, -0.2) is 24.8 Å². The van der Waals surface area contributed by atoms with E-state index in [2.05, 4.69) is 0 Å². The summed E-state index contributed by atoms with van der Waals surface area (Å²) in [4.78, 5) is 40.4. The summed E-state index contributed by atoms with van der Waals surface area (Å²) in [5.41, 5.74) is 2.83. The highest BCUT2D eigenvalue weighted by molar-refractivity contribution is 6.34. The average Bonchev–Trinajstić information content (AvgIpc) is 2.84. The predicted octanol–water partition coefficient (Wildman–Crippen LogP) is 3.13. The van der Waals surface area contributed by atoms with Gasteiger partial charge >= 0.3 is 0 Å². The van der Waals surface area contributed by atoms with Crippen LogP contribution in [0.25, 0.3) is 0 Å². The largest absolute Gasteiger partial charge is 0.315 e. The lowest BCUT2D eigenvalue weighted by Gasteiger charge is -2.37. The van der Waals surface area contributed by atoms with Crippen molar-refractivity contribution in [2.75, 3.05) is 16.8 Å². The van der Waals surface area contributed by atoms with E-state index in [1.54, 1.807) is 42.3 Å². The smallest absolute Gasteiger partial charge is 0.266 e. The van der Waals surface area contributed by atoms with Gasteiger partial charge in [0.25, 0.3) is 11.8 Å². The summed E-state index contributed by atoms with van der Waals surface area (Å²) in [6.07, 6.45) is 0.391. The number of fused-ring (bicyclic) bond motifs is 2. The molecule has 0 spiro atoms. The molecular formula is C20H18N2O3. The fourth-order valence-electron chi connectivity index (χ4n) is 3.65. The molecule has 0 unspecified atom stereocenters. The van der Waals surface area contributed by atoms with Crippen molar-refractivity contribution in [2.45, 2.75) is 25.7 Å². The SMILES string of the molecule is CN1C(=O)CC(C)(C)c2cc(N3C(=O)c4ccccc4C3=O)ccc21. The molecule has 5 heteroatoms. The van der Waals surface area contributed by atoms with Gasteiger partial charge in [0.2, 0.25) is 5.91 Å². The Morgan fingerprint density at radius 1 is 0.920 bits per heavy atom. The maximum absolute atomic E-state index is 12.7. The molecule has 0 aliphatic carbocycles. The van der Waals surface area contributed by atoms with Crippen LogP contribution in [0.2, 0.25) is 0 Å². The Hall–Kier alpha value is -2.95. The number of rotatable bonds is 1. The van der Waals surface area contributed by atoms with Gasteiger partial charge in [0, 0.05) is 24.6 Å². The first-order valence-corrected chi connectivity index (χ1v) is 8.20. The second kappa shape index (κ2) is 5.02. The Morgan fingerprint density at radius 3 is 2.12 bits per heavy atom. The molecule has 0 saturated carbocycles. The lowest BCUT2D eigenvalue weighted by atomic mass is 9.77. The van der Waals surface area contributed by atoms with Gasteiger partial charge in [0.15, 0.2) is 0 Å². The number of amides is 3. The van der Waals surface area contributed by atoms with Gasteiger partial charge in [0.1, 0.15) is 0 Å². The average molecular weight is 334 g/mol. The van der Waals surface area contributed by atoms with E-state index >= 15 is 0 Å². The van der Waals surface area contributed by atoms with Gasteiger partial charge in [-0.3, -0.25) is 14.4 Å². The second-order valence-corrected chi connectivity index (χ2v) is 7.21. The van der Waals surface area contributed by atoms with E-state index in [-0.39, 0.29) is 23.1 Å². The standard InChI is InChI=1S/C20H18N2O3/c1-20(2)11-17(23)21(3)16-9-8-12(10-15(16)20)22-18(24)13-6-4-5-7-14(13)19(22)25/h4-10H,11H2,1-3H3. The predicted molar refractivity (Wildman–Crippen MR) is 95.1 cm³/mol. The van der Waals surface area contributed by atoms with Crippen LogP contribution in [0.4, 0.5) is 11.4 Å². The number of benzene rings is 2. The van der Waals surface area contributed by atoms with Crippen molar-refractivity contribution in [3.05, 3.63) is 59.2 Å². The summed E-state index contributed by atoms with van der Waals surface area (Å²) in [5.74, 6) is -0.553. The number of nitrogens with zero attached hydrogens (tertiary/aromatic N) is 2. The first-order chi connectivity index (χ1) is 11.8. The Bertz CT molecular complexity index is 911. The molecule has 0 aromatic heterocycles. The third-order valence-corrected chi connectivity index (χ3v) is 5.09. The first kappa shape index (κ1) is 15.6. The molecule has 5 nitrogen and oxygen atoms in total. The van der Waals surface area contributed by atoms with Crippen LogP contribution in [0, 0.1) is 0 Å². The minimum Gasteiger partial charge on any atom is -0.315 e. The molecular weight excluding hydrogens is 316 g/mol. The van der Waals surface area contributed by atoms with Crippen LogP contribution in [0.15, 0.2) is 42.5 Å². The Kier molecular flexibility index (Phi) is 3.13. The topological polar surface area (TPSA) is 57.7 Å². The maximum Gasteiger partial charge on any atom is 0.266 e. The molecule has 2 aromatic carbocycles. The summed E-state index contributed by atoms with van der Waals surface area (Å²) >= 11 is 0. The molecule has 25 heavy (non-hydrogen) atoms. The van der Waals surface area contributed by atoms with E-state index in [0.29, 0.717) is 23.2 Å². The molecule has 0 radical (unpaired) electrons. The monoisotopic (exact) mass is 334 g/mol. The van der Waals surface area contributed by atoms with Crippen molar-refractivity contribution in [1.29, 1.82) is 0 Å². The maximum atomic E-state index is 12.7. The quantitative estimate of drug-likeness (QED) is 0.753. The van der Waals surface area contributed by atoms with E-state index in [4.69, 9.17) is 0 Å². The molecule has 2 aliphatic heterocycles. The third-order valence-electron chi connectivity index (χ3n) is 5.09. The van der Waals surface area contributed by atoms with Gasteiger partial charge < -0.3 is 4.90 Å². The highest BCUT2D eigenvalue weighted by Gasteiger charge is 2.39. The van der Waals surface area contributed by atoms with E-state index in [1.807, 2.05) is 26.0 Å². The van der Waals surface area contributed by atoms with E-state index in [1.165, 1.54) is 4.90 Å². The summed E-state index contributed by atoms with van der Waals surface area (Å²) in [7, 11) is 1.75. The van der Waals surface area contributed by atoms with Gasteiger partial charge in [-0.25, -0.2) is 4.90 Å². The molecule has 0 atom stereocenters. The van der Waals surface area contributed by atoms with Gasteiger partial charge in [-0.15, -0.1) is 0 Å². The van der Waals surface area contributed by atoms with Crippen molar-refractivity contribution < 1.29 is 14.4 Å². The van der Waals surface area contributed by atoms with Crippen molar-refractivity contribution in [1.82, 2.24) is 0 Å². The Morgan fingerprint density at radius 2 is 1.52 bits per heavy atom. The minimum absolute atomic E-state index is 0.0611. The molecule has 0 fully saturated rings. The minimum atomic E-state index is -0.354. The van der Waals surface area contributed by atoms with Crippen LogP contribution in [0.5, 0.6) is 0 Å². The number of anilines is 2. The fourth-order valence-corrected chi connectivity index (χ4v) is 3.65. The molecule has 0 bridgehead atoms. The molecule has 4 rings (SSSR count). The van der Waals surface area contributed by atoms with Gasteiger partial charge in [-0.1, -0.05) is 26.0 Å². The zero-order chi connectivity index (χ0) is 17.9. The van der Waals surface area contributed by atoms with E-state index < -0.39 is 0 Å². The molecule has 0 saturated heterocycles. The van der Waals surface area contributed by atoms with Crippen LogP contribution in [-0.2, 0) is 10.2 Å². The number of hydrogen-bond donors (Lipinski definition) is 0. The van der Waals surface area contributed by atoms with E-state index in [0.717, 1.165) is 11.3 Å². The molecule has 3 amide bonds. The summed E-state index contributed by atoms with van der Waals surface area (Å²) in [6.45, 7) is 4.01. The second-order valence-electron chi connectivity index (χ2n) is 7.21. The Labute approximate surface area is 145 Å². The normalized spacial score (nSPS) is 18.4. The summed E-state index contributed by atoms with van der Waals surface area (Å²) in [6, 6.07) is 12.3. The van der Waals surface area contributed by atoms with Crippen molar-refractivity contribution in [2.24, 2.45) is 0 Å². The molecule has 126 valence electrons. The number of carbonyl (C=O) groups is 3. The van der Waals surface area contributed by atoms with Gasteiger partial charge in [-0.2, -0.15) is 0 Å². The number of hydrogen-bond acceptors (Lipinski definition) is 3. The lowest BCUT2D eigenvalue weighted by molar-refractivity contribution is -0.119. The van der Waals surface area contributed by atoms with Crippen LogP contribution in [0.3, 0.4) is 0 Å².